The molecule has 7 heteroatoms. The number of rotatable bonds is 4. The van der Waals surface area contributed by atoms with Crippen molar-refractivity contribution in [3.05, 3.63) is 142 Å². The van der Waals surface area contributed by atoms with Gasteiger partial charge in [0.1, 0.15) is 5.57 Å². The first-order valence-corrected chi connectivity index (χ1v) is 19.5. The second-order valence-electron chi connectivity index (χ2n) is 15.8. The number of likely N-dealkylation sites (N-methyl/N-ethyl adjacent to an activating group) is 4. The molecule has 0 bridgehead atoms. The van der Waals surface area contributed by atoms with Gasteiger partial charge < -0.3 is 9.80 Å². The summed E-state index contributed by atoms with van der Waals surface area (Å²) in [5, 5.41) is 5.24. The van der Waals surface area contributed by atoms with Crippen molar-refractivity contribution in [2.24, 2.45) is 0 Å². The van der Waals surface area contributed by atoms with Crippen molar-refractivity contribution >= 4 is 62.1 Å². The number of carbonyl (C=O) groups excluding carboxylic acids is 2. The molecule has 1 saturated heterocycles. The molecular formula is C47H48N4O2S. The van der Waals surface area contributed by atoms with E-state index in [0.29, 0.717) is 25.9 Å². The monoisotopic (exact) mass is 732 g/mol. The van der Waals surface area contributed by atoms with E-state index >= 15 is 0 Å². The van der Waals surface area contributed by atoms with Gasteiger partial charge in [-0.25, -0.2) is 0 Å². The van der Waals surface area contributed by atoms with E-state index < -0.39 is 0 Å². The van der Waals surface area contributed by atoms with Crippen LogP contribution >= 0.6 is 12.2 Å². The Labute approximate surface area is 324 Å². The average Bonchev–Trinajstić information content (AvgIpc) is 3.70. The number of anilines is 2. The van der Waals surface area contributed by atoms with Gasteiger partial charge in [-0.3, -0.25) is 19.4 Å². The number of benzene rings is 4. The van der Waals surface area contributed by atoms with E-state index in [9.17, 15) is 9.59 Å². The van der Waals surface area contributed by atoms with Crippen LogP contribution in [0.3, 0.4) is 0 Å². The molecule has 3 heterocycles. The van der Waals surface area contributed by atoms with E-state index in [4.69, 9.17) is 12.2 Å². The number of allylic oxidation sites excluding steroid dienone is 9. The van der Waals surface area contributed by atoms with Crippen molar-refractivity contribution in [1.82, 2.24) is 9.80 Å². The molecule has 4 aliphatic rings. The zero-order valence-electron chi connectivity index (χ0n) is 32.6. The van der Waals surface area contributed by atoms with Crippen molar-refractivity contribution in [3.63, 3.8) is 0 Å². The molecule has 6 nitrogen and oxygen atoms in total. The Morgan fingerprint density at radius 3 is 1.41 bits per heavy atom. The quantitative estimate of drug-likeness (QED) is 0.119. The molecule has 3 aliphatic heterocycles. The molecule has 2 fully saturated rings. The molecule has 2 amide bonds. The van der Waals surface area contributed by atoms with Gasteiger partial charge in [-0.1, -0.05) is 101 Å². The first-order chi connectivity index (χ1) is 25.8. The molecule has 0 unspecified atom stereocenters. The van der Waals surface area contributed by atoms with Crippen LogP contribution in [-0.4, -0.2) is 53.9 Å². The van der Waals surface area contributed by atoms with E-state index in [1.54, 1.807) is 9.80 Å². The zero-order chi connectivity index (χ0) is 38.3. The van der Waals surface area contributed by atoms with Crippen LogP contribution in [0, 0.1) is 0 Å². The lowest BCUT2D eigenvalue weighted by Crippen LogP contribution is -2.56. The topological polar surface area (TPSA) is 47.1 Å². The summed E-state index contributed by atoms with van der Waals surface area (Å²) in [5.74, 6) is -0.638. The highest BCUT2D eigenvalue weighted by Gasteiger charge is 2.44. The third-order valence-corrected chi connectivity index (χ3v) is 12.7. The fourth-order valence-corrected chi connectivity index (χ4v) is 10.0. The Bertz CT molecular complexity index is 2310. The first kappa shape index (κ1) is 35.7. The van der Waals surface area contributed by atoms with Crippen LogP contribution in [0.4, 0.5) is 11.4 Å². The van der Waals surface area contributed by atoms with E-state index in [0.717, 1.165) is 28.1 Å². The Morgan fingerprint density at radius 2 is 1.00 bits per heavy atom. The lowest BCUT2D eigenvalue weighted by molar-refractivity contribution is -0.133. The maximum Gasteiger partial charge on any atom is 0.266 e. The number of hydrogen-bond donors (Lipinski definition) is 0. The predicted octanol–water partition coefficient (Wildman–Crippen LogP) is 9.85. The molecule has 8 rings (SSSR count). The third kappa shape index (κ3) is 5.15. The smallest absolute Gasteiger partial charge is 0.266 e. The summed E-state index contributed by atoms with van der Waals surface area (Å²) < 4.78 is 0. The number of nitrogens with zero attached hydrogens (tertiary/aromatic N) is 4. The lowest BCUT2D eigenvalue weighted by atomic mass is 9.81. The molecule has 0 radical (unpaired) electrons. The summed E-state index contributed by atoms with van der Waals surface area (Å²) in [6.45, 7) is 13.7. The standard InChI is InChI=1S/C47H48N4O2S/c1-9-50-43(52)40(44(53)51(10-2)45(50)54)39-31(23-27-37-46(3,4)41-33-17-13-11-15-29(33)21-25-35(41)48(37)7)19-20-32(39)24-28-38-47(5,6)42-34-18-14-12-16-30(34)22-26-36(42)49(38)8/h11-18,21-28H,9-10,19-20H2,1-8H3/b31-23+,32-24+,37-27+,38-28+. The lowest BCUT2D eigenvalue weighted by Gasteiger charge is -2.36. The first-order valence-electron chi connectivity index (χ1n) is 19.1. The average molecular weight is 733 g/mol. The second-order valence-corrected chi connectivity index (χ2v) is 16.2. The summed E-state index contributed by atoms with van der Waals surface area (Å²) in [4.78, 5) is 36.4. The zero-order valence-corrected chi connectivity index (χ0v) is 33.4. The number of carbonyl (C=O) groups is 2. The van der Waals surface area contributed by atoms with Crippen LogP contribution in [0.25, 0.3) is 21.5 Å². The van der Waals surface area contributed by atoms with E-state index in [1.165, 1.54) is 44.0 Å². The van der Waals surface area contributed by atoms with E-state index in [-0.39, 0.29) is 33.3 Å². The molecule has 274 valence electrons. The molecule has 0 aromatic heterocycles. The fourth-order valence-electron chi connectivity index (χ4n) is 9.58. The highest BCUT2D eigenvalue weighted by molar-refractivity contribution is 7.80. The summed E-state index contributed by atoms with van der Waals surface area (Å²) in [6, 6.07) is 26.0. The second kappa shape index (κ2) is 12.9. The van der Waals surface area contributed by atoms with Gasteiger partial charge >= 0.3 is 0 Å². The molecule has 0 atom stereocenters. The summed E-state index contributed by atoms with van der Waals surface area (Å²) in [7, 11) is 4.26. The Hall–Kier alpha value is -5.27. The Kier molecular flexibility index (Phi) is 8.57. The van der Waals surface area contributed by atoms with Gasteiger partial charge in [-0.2, -0.15) is 0 Å². The fraction of sp³-hybridized carbons (Fsp3) is 0.298. The SMILES string of the molecule is CCN1C(=O)C(=C2/C(=C/C=C3/N(C)c4ccc5ccccc5c4C3(C)C)CC/C2=C\C=C2\N(C)c3ccc4ccccc4c3C2(C)C)C(=O)N(CC)C1=S. The highest BCUT2D eigenvalue weighted by atomic mass is 32.1. The van der Waals surface area contributed by atoms with Crippen LogP contribution in [0.15, 0.2) is 131 Å². The maximum atomic E-state index is 14.3. The summed E-state index contributed by atoms with van der Waals surface area (Å²) in [5.41, 5.74) is 9.73. The van der Waals surface area contributed by atoms with Crippen molar-refractivity contribution in [3.8, 4) is 0 Å². The van der Waals surface area contributed by atoms with Crippen LogP contribution < -0.4 is 9.80 Å². The van der Waals surface area contributed by atoms with Crippen LogP contribution in [0.2, 0.25) is 0 Å². The molecule has 1 aliphatic carbocycles. The van der Waals surface area contributed by atoms with Crippen molar-refractivity contribution in [1.29, 1.82) is 0 Å². The van der Waals surface area contributed by atoms with Gasteiger partial charge in [0.25, 0.3) is 11.8 Å². The number of thiocarbonyl (C=S) groups is 1. The van der Waals surface area contributed by atoms with E-state index in [2.05, 4.69) is 149 Å². The summed E-state index contributed by atoms with van der Waals surface area (Å²) >= 11 is 5.68. The Morgan fingerprint density at radius 1 is 0.593 bits per heavy atom. The number of fused-ring (bicyclic) bond motifs is 6. The van der Waals surface area contributed by atoms with Gasteiger partial charge in [-0.05, 0) is 113 Å². The number of hydrogen-bond acceptors (Lipinski definition) is 5. The highest BCUT2D eigenvalue weighted by Crippen LogP contribution is 2.52. The van der Waals surface area contributed by atoms with E-state index in [1.807, 2.05) is 13.8 Å². The van der Waals surface area contributed by atoms with Crippen LogP contribution in [0.1, 0.15) is 65.5 Å². The van der Waals surface area contributed by atoms with Crippen molar-refractivity contribution < 1.29 is 9.59 Å². The van der Waals surface area contributed by atoms with Crippen molar-refractivity contribution in [2.75, 3.05) is 37.0 Å². The molecular weight excluding hydrogens is 685 g/mol. The molecule has 4 aromatic carbocycles. The maximum absolute atomic E-state index is 14.3. The largest absolute Gasteiger partial charge is 0.347 e. The van der Waals surface area contributed by atoms with Gasteiger partial charge in [-0.15, -0.1) is 0 Å². The van der Waals surface area contributed by atoms with Gasteiger partial charge in [0.15, 0.2) is 5.11 Å². The molecule has 0 N–H and O–H groups in total. The third-order valence-electron chi connectivity index (χ3n) is 12.2. The van der Waals surface area contributed by atoms with Gasteiger partial charge in [0, 0.05) is 60.8 Å². The van der Waals surface area contributed by atoms with Gasteiger partial charge in [0.05, 0.1) is 0 Å². The summed E-state index contributed by atoms with van der Waals surface area (Å²) in [6.07, 6.45) is 10.2. The minimum atomic E-state index is -0.319. The Balaban J connectivity index is 1.28. The number of amides is 2. The minimum absolute atomic E-state index is 0.209. The van der Waals surface area contributed by atoms with Gasteiger partial charge in [0.2, 0.25) is 0 Å². The van der Waals surface area contributed by atoms with Crippen LogP contribution in [0.5, 0.6) is 0 Å². The van der Waals surface area contributed by atoms with Crippen LogP contribution in [-0.2, 0) is 20.4 Å². The van der Waals surface area contributed by atoms with Crippen molar-refractivity contribution in [2.45, 2.75) is 65.2 Å². The molecule has 54 heavy (non-hydrogen) atoms. The molecule has 1 saturated carbocycles. The molecule has 0 spiro atoms. The predicted molar refractivity (Wildman–Crippen MR) is 227 cm³/mol. The normalized spacial score (nSPS) is 22.4. The minimum Gasteiger partial charge on any atom is -0.347 e. The molecule has 4 aromatic rings.